The van der Waals surface area contributed by atoms with E-state index in [1.807, 2.05) is 6.92 Å². The minimum Gasteiger partial charge on any atom is -0.258 e. The Kier molecular flexibility index (Phi) is 2.63. The smallest absolute Gasteiger partial charge is 0.258 e. The summed E-state index contributed by atoms with van der Waals surface area (Å²) >= 11 is 0. The normalized spacial score (nSPS) is 10.3. The van der Waals surface area contributed by atoms with Crippen LogP contribution in [0.1, 0.15) is 12.7 Å². The Morgan fingerprint density at radius 1 is 1.38 bits per heavy atom. The van der Waals surface area contributed by atoms with E-state index in [1.54, 1.807) is 23.1 Å². The van der Waals surface area contributed by atoms with E-state index >= 15 is 0 Å². The predicted molar refractivity (Wildman–Crippen MR) is 57.4 cm³/mol. The average molecular weight is 218 g/mol. The van der Waals surface area contributed by atoms with Gasteiger partial charge in [-0.3, -0.25) is 10.1 Å². The lowest BCUT2D eigenvalue weighted by Crippen LogP contribution is -1.96. The van der Waals surface area contributed by atoms with Crippen molar-refractivity contribution in [1.29, 1.82) is 0 Å². The summed E-state index contributed by atoms with van der Waals surface area (Å²) in [6, 6.07) is 6.18. The summed E-state index contributed by atoms with van der Waals surface area (Å²) in [7, 11) is 0. The molecule has 0 spiro atoms. The van der Waals surface area contributed by atoms with Crippen molar-refractivity contribution in [2.75, 3.05) is 0 Å². The van der Waals surface area contributed by atoms with Gasteiger partial charge >= 0.3 is 0 Å². The third-order valence-corrected chi connectivity index (χ3v) is 2.18. The zero-order valence-electron chi connectivity index (χ0n) is 8.70. The van der Waals surface area contributed by atoms with E-state index in [4.69, 9.17) is 0 Å². The topological polar surface area (TPSA) is 73.8 Å². The number of aromatic nitrogens is 3. The van der Waals surface area contributed by atoms with Crippen LogP contribution in [0.2, 0.25) is 0 Å². The zero-order valence-corrected chi connectivity index (χ0v) is 8.70. The van der Waals surface area contributed by atoms with Crippen LogP contribution in [0.4, 0.5) is 5.69 Å². The summed E-state index contributed by atoms with van der Waals surface area (Å²) in [5, 5.41) is 14.7. The highest BCUT2D eigenvalue weighted by molar-refractivity contribution is 5.39. The molecule has 0 bridgehead atoms. The van der Waals surface area contributed by atoms with E-state index in [2.05, 4.69) is 10.1 Å². The van der Waals surface area contributed by atoms with Crippen molar-refractivity contribution in [2.45, 2.75) is 13.3 Å². The maximum absolute atomic E-state index is 10.5. The zero-order chi connectivity index (χ0) is 11.5. The van der Waals surface area contributed by atoms with Gasteiger partial charge in [-0.2, -0.15) is 5.10 Å². The number of benzene rings is 1. The third-order valence-electron chi connectivity index (χ3n) is 2.18. The molecule has 6 heteroatoms. The molecule has 1 heterocycles. The molecule has 1 aromatic carbocycles. The minimum atomic E-state index is -0.428. The highest BCUT2D eigenvalue weighted by Gasteiger charge is 2.05. The molecule has 6 nitrogen and oxygen atoms in total. The summed E-state index contributed by atoms with van der Waals surface area (Å²) in [4.78, 5) is 14.1. The average Bonchev–Trinajstić information content (AvgIpc) is 2.77. The first-order chi connectivity index (χ1) is 7.70. The number of nitro groups is 1. The molecule has 2 aromatic rings. The van der Waals surface area contributed by atoms with E-state index < -0.39 is 4.92 Å². The standard InChI is InChI=1S/C10H10N4O2/c1-2-10-11-7-13(12-10)8-3-5-9(6-4-8)14(15)16/h3-7H,2H2,1H3. The molecule has 82 valence electrons. The summed E-state index contributed by atoms with van der Waals surface area (Å²) in [5.74, 6) is 0.748. The van der Waals surface area contributed by atoms with Crippen molar-refractivity contribution >= 4 is 5.69 Å². The van der Waals surface area contributed by atoms with Crippen molar-refractivity contribution in [1.82, 2.24) is 14.8 Å². The van der Waals surface area contributed by atoms with Crippen molar-refractivity contribution < 1.29 is 4.92 Å². The van der Waals surface area contributed by atoms with Crippen LogP contribution in [0, 0.1) is 10.1 Å². The molecule has 0 N–H and O–H groups in total. The second kappa shape index (κ2) is 4.09. The molecule has 0 aliphatic carbocycles. The molecule has 1 aromatic heterocycles. The lowest BCUT2D eigenvalue weighted by Gasteiger charge is -1.98. The Morgan fingerprint density at radius 2 is 2.06 bits per heavy atom. The molecule has 0 saturated heterocycles. The van der Waals surface area contributed by atoms with Gasteiger partial charge in [0, 0.05) is 18.6 Å². The van der Waals surface area contributed by atoms with E-state index in [-0.39, 0.29) is 5.69 Å². The maximum Gasteiger partial charge on any atom is 0.269 e. The number of hydrogen-bond donors (Lipinski definition) is 0. The molecule has 0 aliphatic heterocycles. The molecule has 0 radical (unpaired) electrons. The van der Waals surface area contributed by atoms with Crippen LogP contribution in [0.25, 0.3) is 5.69 Å². The molecule has 0 unspecified atom stereocenters. The highest BCUT2D eigenvalue weighted by atomic mass is 16.6. The fraction of sp³-hybridized carbons (Fsp3) is 0.200. The van der Waals surface area contributed by atoms with Gasteiger partial charge in [0.25, 0.3) is 5.69 Å². The summed E-state index contributed by atoms with van der Waals surface area (Å²) in [5.41, 5.74) is 0.831. The molecule has 16 heavy (non-hydrogen) atoms. The molecule has 0 fully saturated rings. The quantitative estimate of drug-likeness (QED) is 0.581. The van der Waals surface area contributed by atoms with Gasteiger partial charge in [0.15, 0.2) is 5.82 Å². The van der Waals surface area contributed by atoms with E-state index in [0.29, 0.717) is 0 Å². The largest absolute Gasteiger partial charge is 0.269 e. The van der Waals surface area contributed by atoms with Crippen LogP contribution in [0.3, 0.4) is 0 Å². The predicted octanol–water partition coefficient (Wildman–Crippen LogP) is 1.74. The summed E-state index contributed by atoms with van der Waals surface area (Å²) < 4.78 is 1.60. The SMILES string of the molecule is CCc1ncn(-c2ccc([N+](=O)[O-])cc2)n1. The lowest BCUT2D eigenvalue weighted by atomic mass is 10.3. The molecular weight excluding hydrogens is 208 g/mol. The Balaban J connectivity index is 2.30. The van der Waals surface area contributed by atoms with Crippen LogP contribution in [-0.2, 0) is 6.42 Å². The Labute approximate surface area is 91.7 Å². The third kappa shape index (κ3) is 1.90. The van der Waals surface area contributed by atoms with Crippen LogP contribution in [0.5, 0.6) is 0 Å². The lowest BCUT2D eigenvalue weighted by molar-refractivity contribution is -0.384. The monoisotopic (exact) mass is 218 g/mol. The molecule has 0 amide bonds. The first kappa shape index (κ1) is 10.3. The fourth-order valence-corrected chi connectivity index (χ4v) is 1.31. The van der Waals surface area contributed by atoms with Crippen molar-refractivity contribution in [3.05, 3.63) is 46.5 Å². The van der Waals surface area contributed by atoms with Crippen molar-refractivity contribution in [3.63, 3.8) is 0 Å². The van der Waals surface area contributed by atoms with E-state index in [0.717, 1.165) is 17.9 Å². The summed E-state index contributed by atoms with van der Waals surface area (Å²) in [6.07, 6.45) is 2.36. The van der Waals surface area contributed by atoms with Gasteiger partial charge in [-0.1, -0.05) is 6.92 Å². The first-order valence-electron chi connectivity index (χ1n) is 4.86. The van der Waals surface area contributed by atoms with Gasteiger partial charge in [-0.15, -0.1) is 0 Å². The Morgan fingerprint density at radius 3 is 2.56 bits per heavy atom. The molecule has 0 atom stereocenters. The van der Waals surface area contributed by atoms with Gasteiger partial charge in [-0.25, -0.2) is 9.67 Å². The minimum absolute atomic E-state index is 0.0691. The van der Waals surface area contributed by atoms with Crippen LogP contribution in [0.15, 0.2) is 30.6 Å². The highest BCUT2D eigenvalue weighted by Crippen LogP contribution is 2.14. The Hall–Kier alpha value is -2.24. The second-order valence-corrected chi connectivity index (χ2v) is 3.23. The van der Waals surface area contributed by atoms with Crippen molar-refractivity contribution in [3.8, 4) is 5.69 Å². The fourth-order valence-electron chi connectivity index (χ4n) is 1.31. The van der Waals surface area contributed by atoms with E-state index in [1.165, 1.54) is 12.1 Å². The molecule has 0 aliphatic rings. The molecule has 0 saturated carbocycles. The van der Waals surface area contributed by atoms with Crippen LogP contribution < -0.4 is 0 Å². The van der Waals surface area contributed by atoms with Crippen molar-refractivity contribution in [2.24, 2.45) is 0 Å². The van der Waals surface area contributed by atoms with Gasteiger partial charge in [-0.05, 0) is 12.1 Å². The maximum atomic E-state index is 10.5. The number of nitrogens with zero attached hydrogens (tertiary/aromatic N) is 4. The van der Waals surface area contributed by atoms with Gasteiger partial charge in [0.05, 0.1) is 10.6 Å². The Bertz CT molecular complexity index is 504. The number of hydrogen-bond acceptors (Lipinski definition) is 4. The molecular formula is C10H10N4O2. The molecule has 2 rings (SSSR count). The number of non-ortho nitro benzene ring substituents is 1. The first-order valence-corrected chi connectivity index (χ1v) is 4.86. The van der Waals surface area contributed by atoms with Gasteiger partial charge in [0.2, 0.25) is 0 Å². The van der Waals surface area contributed by atoms with E-state index in [9.17, 15) is 10.1 Å². The number of nitro benzene ring substituents is 1. The van der Waals surface area contributed by atoms with Gasteiger partial charge in [0.1, 0.15) is 6.33 Å². The summed E-state index contributed by atoms with van der Waals surface area (Å²) in [6.45, 7) is 1.97. The van der Waals surface area contributed by atoms with Crippen LogP contribution in [-0.4, -0.2) is 19.7 Å². The number of aryl methyl sites for hydroxylation is 1. The second-order valence-electron chi connectivity index (χ2n) is 3.23. The van der Waals surface area contributed by atoms with Crippen LogP contribution >= 0.6 is 0 Å². The van der Waals surface area contributed by atoms with Gasteiger partial charge < -0.3 is 0 Å². The number of rotatable bonds is 3.